The van der Waals surface area contributed by atoms with Gasteiger partial charge in [0.15, 0.2) is 5.96 Å². The summed E-state index contributed by atoms with van der Waals surface area (Å²) in [7, 11) is 0. The molecule has 1 saturated heterocycles. The maximum absolute atomic E-state index is 5.37. The van der Waals surface area contributed by atoms with Crippen LogP contribution in [0.1, 0.15) is 25.5 Å². The van der Waals surface area contributed by atoms with Gasteiger partial charge in [-0.1, -0.05) is 18.2 Å². The Morgan fingerprint density at radius 1 is 1.00 bits per heavy atom. The highest BCUT2D eigenvalue weighted by Gasteiger charge is 2.16. The van der Waals surface area contributed by atoms with Crippen molar-refractivity contribution in [1.29, 1.82) is 0 Å². The van der Waals surface area contributed by atoms with E-state index in [0.717, 1.165) is 70.4 Å². The van der Waals surface area contributed by atoms with E-state index in [1.807, 2.05) is 12.1 Å². The van der Waals surface area contributed by atoms with Crippen LogP contribution in [0.2, 0.25) is 0 Å². The first kappa shape index (κ1) is 21.2. The van der Waals surface area contributed by atoms with Crippen LogP contribution in [0.15, 0.2) is 58.1 Å². The Bertz CT molecular complexity index is 693. The molecule has 158 valence electrons. The number of anilines is 1. The number of hydrogen-bond acceptors (Lipinski definition) is 4. The Morgan fingerprint density at radius 2 is 1.83 bits per heavy atom. The highest BCUT2D eigenvalue weighted by Crippen LogP contribution is 2.15. The van der Waals surface area contributed by atoms with E-state index in [0.29, 0.717) is 0 Å². The molecule has 1 aromatic heterocycles. The molecule has 0 unspecified atom stereocenters. The van der Waals surface area contributed by atoms with Crippen LogP contribution in [0.3, 0.4) is 0 Å². The molecule has 0 spiro atoms. The fraction of sp³-hybridized carbons (Fsp3) is 0.522. The Kier molecular flexibility index (Phi) is 8.91. The molecule has 0 saturated carbocycles. The average molecular weight is 398 g/mol. The quantitative estimate of drug-likeness (QED) is 0.367. The summed E-state index contributed by atoms with van der Waals surface area (Å²) in [5.74, 6) is 1.90. The van der Waals surface area contributed by atoms with Gasteiger partial charge in [0, 0.05) is 57.9 Å². The van der Waals surface area contributed by atoms with Crippen molar-refractivity contribution in [2.75, 3.05) is 57.3 Å². The Morgan fingerprint density at radius 3 is 2.55 bits per heavy atom. The highest BCUT2D eigenvalue weighted by molar-refractivity contribution is 5.79. The van der Waals surface area contributed by atoms with Crippen LogP contribution in [0.25, 0.3) is 0 Å². The van der Waals surface area contributed by atoms with Gasteiger partial charge in [-0.25, -0.2) is 0 Å². The maximum atomic E-state index is 5.37. The van der Waals surface area contributed by atoms with Crippen molar-refractivity contribution < 1.29 is 4.42 Å². The number of rotatable bonds is 10. The SMILES string of the molecule is CCNC(=NCCCCN1CCN(c2ccccc2)CC1)NCCc1ccco1. The molecule has 6 nitrogen and oxygen atoms in total. The molecule has 1 fully saturated rings. The first-order valence-corrected chi connectivity index (χ1v) is 10.9. The average Bonchev–Trinajstić information content (AvgIpc) is 3.28. The fourth-order valence-electron chi connectivity index (χ4n) is 3.61. The van der Waals surface area contributed by atoms with E-state index in [4.69, 9.17) is 9.41 Å². The number of hydrogen-bond donors (Lipinski definition) is 2. The van der Waals surface area contributed by atoms with Gasteiger partial charge in [-0.15, -0.1) is 0 Å². The van der Waals surface area contributed by atoms with E-state index >= 15 is 0 Å². The third-order valence-corrected chi connectivity index (χ3v) is 5.23. The van der Waals surface area contributed by atoms with Crippen molar-refractivity contribution in [2.45, 2.75) is 26.2 Å². The molecule has 1 aliphatic rings. The number of nitrogens with one attached hydrogen (secondary N) is 2. The molecule has 2 N–H and O–H groups in total. The molecular formula is C23H35N5O. The van der Waals surface area contributed by atoms with E-state index in [-0.39, 0.29) is 0 Å². The fourth-order valence-corrected chi connectivity index (χ4v) is 3.61. The molecule has 0 amide bonds. The minimum Gasteiger partial charge on any atom is -0.469 e. The van der Waals surface area contributed by atoms with Gasteiger partial charge in [0.25, 0.3) is 0 Å². The molecule has 0 aliphatic carbocycles. The summed E-state index contributed by atoms with van der Waals surface area (Å²) in [6, 6.07) is 14.7. The van der Waals surface area contributed by atoms with Crippen LogP contribution in [0.4, 0.5) is 5.69 Å². The van der Waals surface area contributed by atoms with Crippen molar-refractivity contribution in [1.82, 2.24) is 15.5 Å². The van der Waals surface area contributed by atoms with Gasteiger partial charge >= 0.3 is 0 Å². The van der Waals surface area contributed by atoms with Crippen LogP contribution in [0, 0.1) is 0 Å². The van der Waals surface area contributed by atoms with Crippen molar-refractivity contribution in [3.8, 4) is 0 Å². The van der Waals surface area contributed by atoms with E-state index in [2.05, 4.69) is 57.7 Å². The summed E-state index contributed by atoms with van der Waals surface area (Å²) in [6.07, 6.45) is 4.90. The summed E-state index contributed by atoms with van der Waals surface area (Å²) in [5, 5.41) is 6.70. The molecule has 0 radical (unpaired) electrons. The number of aliphatic imine (C=N–C) groups is 1. The minimum absolute atomic E-state index is 0.824. The Hall–Kier alpha value is -2.47. The van der Waals surface area contributed by atoms with Gasteiger partial charge in [-0.05, 0) is 50.6 Å². The summed E-state index contributed by atoms with van der Waals surface area (Å²) in [6.45, 7) is 10.4. The standard InChI is InChI=1S/C23H35N5O/c1-2-24-23(26-14-12-22-11-8-20-29-22)25-13-6-7-15-27-16-18-28(19-17-27)21-9-4-3-5-10-21/h3-5,8-11,20H,2,6-7,12-19H2,1H3,(H2,24,25,26). The number of piperazine rings is 1. The molecule has 2 aromatic rings. The number of guanidine groups is 1. The molecular weight excluding hydrogens is 362 g/mol. The monoisotopic (exact) mass is 397 g/mol. The van der Waals surface area contributed by atoms with Gasteiger partial charge in [0.2, 0.25) is 0 Å². The summed E-state index contributed by atoms with van der Waals surface area (Å²) < 4.78 is 5.37. The zero-order valence-corrected chi connectivity index (χ0v) is 17.6. The Labute approximate surface area is 175 Å². The lowest BCUT2D eigenvalue weighted by molar-refractivity contribution is 0.253. The molecule has 1 aromatic carbocycles. The largest absolute Gasteiger partial charge is 0.469 e. The summed E-state index contributed by atoms with van der Waals surface area (Å²) >= 11 is 0. The molecule has 0 atom stereocenters. The van der Waals surface area contributed by atoms with Gasteiger partial charge < -0.3 is 20.0 Å². The highest BCUT2D eigenvalue weighted by atomic mass is 16.3. The predicted octanol–water partition coefficient (Wildman–Crippen LogP) is 2.98. The lowest BCUT2D eigenvalue weighted by atomic mass is 10.2. The molecule has 1 aliphatic heterocycles. The second-order valence-electron chi connectivity index (χ2n) is 7.39. The van der Waals surface area contributed by atoms with E-state index in [1.165, 1.54) is 18.7 Å². The second-order valence-corrected chi connectivity index (χ2v) is 7.39. The predicted molar refractivity (Wildman–Crippen MR) is 121 cm³/mol. The zero-order valence-electron chi connectivity index (χ0n) is 17.6. The van der Waals surface area contributed by atoms with Crippen molar-refractivity contribution in [2.24, 2.45) is 4.99 Å². The lowest BCUT2D eigenvalue weighted by Crippen LogP contribution is -2.46. The van der Waals surface area contributed by atoms with Gasteiger partial charge in [0.1, 0.15) is 5.76 Å². The third-order valence-electron chi connectivity index (χ3n) is 5.23. The van der Waals surface area contributed by atoms with Gasteiger partial charge in [-0.2, -0.15) is 0 Å². The van der Waals surface area contributed by atoms with Gasteiger partial charge in [-0.3, -0.25) is 9.89 Å². The third kappa shape index (κ3) is 7.46. The van der Waals surface area contributed by atoms with E-state index in [1.54, 1.807) is 6.26 Å². The smallest absolute Gasteiger partial charge is 0.191 e. The summed E-state index contributed by atoms with van der Waals surface area (Å²) in [5.41, 5.74) is 1.34. The van der Waals surface area contributed by atoms with Crippen LogP contribution >= 0.6 is 0 Å². The van der Waals surface area contributed by atoms with Crippen LogP contribution in [-0.4, -0.2) is 63.2 Å². The zero-order chi connectivity index (χ0) is 20.2. The first-order valence-electron chi connectivity index (χ1n) is 10.9. The molecule has 2 heterocycles. The van der Waals surface area contributed by atoms with Crippen LogP contribution < -0.4 is 15.5 Å². The molecule has 29 heavy (non-hydrogen) atoms. The van der Waals surface area contributed by atoms with Gasteiger partial charge in [0.05, 0.1) is 6.26 Å². The minimum atomic E-state index is 0.824. The van der Waals surface area contributed by atoms with Crippen LogP contribution in [0.5, 0.6) is 0 Å². The van der Waals surface area contributed by atoms with E-state index in [9.17, 15) is 0 Å². The number of furan rings is 1. The molecule has 6 heteroatoms. The Balaban J connectivity index is 1.28. The first-order chi connectivity index (χ1) is 14.3. The van der Waals surface area contributed by atoms with Crippen LogP contribution in [-0.2, 0) is 6.42 Å². The van der Waals surface area contributed by atoms with Crippen molar-refractivity contribution in [3.63, 3.8) is 0 Å². The number of nitrogens with zero attached hydrogens (tertiary/aromatic N) is 3. The molecule has 0 bridgehead atoms. The number of unbranched alkanes of at least 4 members (excludes halogenated alkanes) is 1. The molecule has 3 rings (SSSR count). The lowest BCUT2D eigenvalue weighted by Gasteiger charge is -2.36. The number of benzene rings is 1. The summed E-state index contributed by atoms with van der Waals surface area (Å²) in [4.78, 5) is 9.77. The normalized spacial score (nSPS) is 15.5. The maximum Gasteiger partial charge on any atom is 0.191 e. The van der Waals surface area contributed by atoms with Crippen molar-refractivity contribution in [3.05, 3.63) is 54.5 Å². The van der Waals surface area contributed by atoms with E-state index < -0.39 is 0 Å². The topological polar surface area (TPSA) is 56.0 Å². The number of para-hydroxylation sites is 1. The second kappa shape index (κ2) is 12.2. The van der Waals surface area contributed by atoms with Crippen molar-refractivity contribution >= 4 is 11.6 Å².